The molecule has 0 aromatic heterocycles. The minimum Gasteiger partial charge on any atom is -0.374 e. The van der Waals surface area contributed by atoms with Crippen LogP contribution in [0.2, 0.25) is 0 Å². The molecule has 1 heteroatoms. The molecule has 1 aliphatic carbocycles. The highest BCUT2D eigenvalue weighted by molar-refractivity contribution is 5.26. The lowest BCUT2D eigenvalue weighted by Gasteiger charge is -2.29. The molecule has 25 heavy (non-hydrogen) atoms. The summed E-state index contributed by atoms with van der Waals surface area (Å²) < 4.78 is 6.01. The topological polar surface area (TPSA) is 9.23 Å². The van der Waals surface area contributed by atoms with Crippen LogP contribution >= 0.6 is 0 Å². The number of ether oxygens (including phenoxy) is 1. The molecule has 3 rings (SSSR count). The van der Waals surface area contributed by atoms with Crippen LogP contribution in [0.4, 0.5) is 0 Å². The standard InChI is InChI=1S/C24H36O/c1-3-5-20-6-12-22(13-7-20)23-14-8-21(9-15-23)11-17-24-16-10-19(4-2)18-25-24/h6-7,11-13,17,19,21,23-24H,3-5,8-10,14-16,18H2,1-2H3/b17-11+. The normalized spacial score (nSPS) is 30.6. The van der Waals surface area contributed by atoms with Crippen molar-refractivity contribution in [2.24, 2.45) is 11.8 Å². The fourth-order valence-corrected chi connectivity index (χ4v) is 4.47. The van der Waals surface area contributed by atoms with Crippen LogP contribution in [0, 0.1) is 11.8 Å². The monoisotopic (exact) mass is 340 g/mol. The third-order valence-corrected chi connectivity index (χ3v) is 6.34. The molecule has 1 heterocycles. The van der Waals surface area contributed by atoms with Crippen LogP contribution in [0.5, 0.6) is 0 Å². The van der Waals surface area contributed by atoms with Crippen LogP contribution in [0.25, 0.3) is 0 Å². The molecule has 0 bridgehead atoms. The quantitative estimate of drug-likeness (QED) is 0.525. The zero-order valence-electron chi connectivity index (χ0n) is 16.3. The minimum atomic E-state index is 0.381. The van der Waals surface area contributed by atoms with Crippen molar-refractivity contribution in [3.8, 4) is 0 Å². The van der Waals surface area contributed by atoms with Crippen molar-refractivity contribution in [3.05, 3.63) is 47.5 Å². The number of allylic oxidation sites excluding steroid dienone is 1. The summed E-state index contributed by atoms with van der Waals surface area (Å²) in [5, 5.41) is 0. The number of rotatable bonds is 6. The Bertz CT molecular complexity index is 514. The van der Waals surface area contributed by atoms with Crippen molar-refractivity contribution >= 4 is 0 Å². The Morgan fingerprint density at radius 1 is 0.920 bits per heavy atom. The van der Waals surface area contributed by atoms with Crippen LogP contribution in [0.15, 0.2) is 36.4 Å². The second-order valence-electron chi connectivity index (χ2n) is 8.21. The van der Waals surface area contributed by atoms with Gasteiger partial charge in [0.1, 0.15) is 0 Å². The molecule has 2 unspecified atom stereocenters. The van der Waals surface area contributed by atoms with E-state index in [1.165, 1.54) is 63.4 Å². The van der Waals surface area contributed by atoms with E-state index in [0.717, 1.165) is 24.4 Å². The van der Waals surface area contributed by atoms with E-state index < -0.39 is 0 Å². The second kappa shape index (κ2) is 9.57. The molecule has 0 spiro atoms. The molecule has 2 fully saturated rings. The van der Waals surface area contributed by atoms with Gasteiger partial charge < -0.3 is 4.74 Å². The molecule has 0 N–H and O–H groups in total. The largest absolute Gasteiger partial charge is 0.374 e. The summed E-state index contributed by atoms with van der Waals surface area (Å²) in [6.07, 6.45) is 16.8. The Hall–Kier alpha value is -1.08. The van der Waals surface area contributed by atoms with Gasteiger partial charge in [0.25, 0.3) is 0 Å². The van der Waals surface area contributed by atoms with Crippen molar-refractivity contribution in [2.75, 3.05) is 6.61 Å². The van der Waals surface area contributed by atoms with Crippen LogP contribution in [0.3, 0.4) is 0 Å². The molecule has 138 valence electrons. The third-order valence-electron chi connectivity index (χ3n) is 6.34. The predicted molar refractivity (Wildman–Crippen MR) is 107 cm³/mol. The van der Waals surface area contributed by atoms with Crippen LogP contribution < -0.4 is 0 Å². The average molecular weight is 341 g/mol. The van der Waals surface area contributed by atoms with Gasteiger partial charge in [-0.25, -0.2) is 0 Å². The first-order valence-electron chi connectivity index (χ1n) is 10.7. The lowest BCUT2D eigenvalue weighted by Crippen LogP contribution is -2.24. The molecule has 1 aromatic rings. The number of hydrogen-bond acceptors (Lipinski definition) is 1. The Balaban J connectivity index is 1.43. The Morgan fingerprint density at radius 2 is 1.68 bits per heavy atom. The Morgan fingerprint density at radius 3 is 2.28 bits per heavy atom. The molecule has 1 aliphatic heterocycles. The highest BCUT2D eigenvalue weighted by Crippen LogP contribution is 2.36. The van der Waals surface area contributed by atoms with E-state index in [2.05, 4.69) is 50.3 Å². The van der Waals surface area contributed by atoms with Gasteiger partial charge in [-0.3, -0.25) is 0 Å². The van der Waals surface area contributed by atoms with Gasteiger partial charge in [-0.15, -0.1) is 0 Å². The van der Waals surface area contributed by atoms with E-state index in [-0.39, 0.29) is 0 Å². The molecule has 0 amide bonds. The highest BCUT2D eigenvalue weighted by atomic mass is 16.5. The summed E-state index contributed by atoms with van der Waals surface area (Å²) >= 11 is 0. The van der Waals surface area contributed by atoms with Crippen molar-refractivity contribution < 1.29 is 4.74 Å². The molecular weight excluding hydrogens is 304 g/mol. The lowest BCUT2D eigenvalue weighted by atomic mass is 9.78. The molecule has 1 nitrogen and oxygen atoms in total. The number of hydrogen-bond donors (Lipinski definition) is 0. The summed E-state index contributed by atoms with van der Waals surface area (Å²) in [6.45, 7) is 5.50. The van der Waals surface area contributed by atoms with Gasteiger partial charge >= 0.3 is 0 Å². The first kappa shape index (κ1) is 18.7. The van der Waals surface area contributed by atoms with Gasteiger partial charge in [-0.05, 0) is 73.8 Å². The van der Waals surface area contributed by atoms with Crippen LogP contribution in [-0.4, -0.2) is 12.7 Å². The summed E-state index contributed by atoms with van der Waals surface area (Å²) in [5.74, 6) is 2.34. The van der Waals surface area contributed by atoms with Crippen molar-refractivity contribution in [1.82, 2.24) is 0 Å². The highest BCUT2D eigenvalue weighted by Gasteiger charge is 2.22. The minimum absolute atomic E-state index is 0.381. The summed E-state index contributed by atoms with van der Waals surface area (Å²) in [7, 11) is 0. The molecule has 2 atom stereocenters. The van der Waals surface area contributed by atoms with Gasteiger partial charge in [-0.2, -0.15) is 0 Å². The maximum atomic E-state index is 6.01. The summed E-state index contributed by atoms with van der Waals surface area (Å²) in [6, 6.07) is 9.45. The molecule has 2 aliphatic rings. The molecule has 1 aromatic carbocycles. The molecule has 1 saturated heterocycles. The smallest absolute Gasteiger partial charge is 0.0756 e. The van der Waals surface area contributed by atoms with Crippen molar-refractivity contribution in [2.45, 2.75) is 83.7 Å². The SMILES string of the molecule is CCCc1ccc(C2CCC(/C=C/C3CCC(CC)CO3)CC2)cc1. The van der Waals surface area contributed by atoms with E-state index >= 15 is 0 Å². The predicted octanol–water partition coefficient (Wildman–Crippen LogP) is 6.67. The molecular formula is C24H36O. The summed E-state index contributed by atoms with van der Waals surface area (Å²) in [5.41, 5.74) is 3.05. The van der Waals surface area contributed by atoms with E-state index in [4.69, 9.17) is 4.74 Å². The number of aryl methyl sites for hydroxylation is 1. The van der Waals surface area contributed by atoms with E-state index in [0.29, 0.717) is 6.10 Å². The van der Waals surface area contributed by atoms with Crippen LogP contribution in [0.1, 0.15) is 82.3 Å². The zero-order chi connectivity index (χ0) is 17.5. The van der Waals surface area contributed by atoms with Gasteiger partial charge in [-0.1, -0.05) is 63.1 Å². The van der Waals surface area contributed by atoms with E-state index in [1.807, 2.05) is 0 Å². The Kier molecular flexibility index (Phi) is 7.16. The van der Waals surface area contributed by atoms with Gasteiger partial charge in [0.05, 0.1) is 12.7 Å². The van der Waals surface area contributed by atoms with E-state index in [1.54, 1.807) is 5.56 Å². The maximum Gasteiger partial charge on any atom is 0.0756 e. The van der Waals surface area contributed by atoms with Gasteiger partial charge in [0.2, 0.25) is 0 Å². The average Bonchev–Trinajstić information content (AvgIpc) is 2.68. The van der Waals surface area contributed by atoms with Crippen LogP contribution in [-0.2, 0) is 11.2 Å². The Labute approximate surface area is 154 Å². The first-order chi connectivity index (χ1) is 12.3. The van der Waals surface area contributed by atoms with E-state index in [9.17, 15) is 0 Å². The summed E-state index contributed by atoms with van der Waals surface area (Å²) in [4.78, 5) is 0. The zero-order valence-corrected chi connectivity index (χ0v) is 16.3. The fourth-order valence-electron chi connectivity index (χ4n) is 4.47. The van der Waals surface area contributed by atoms with Crippen molar-refractivity contribution in [1.29, 1.82) is 0 Å². The first-order valence-corrected chi connectivity index (χ1v) is 10.7. The van der Waals surface area contributed by atoms with Gasteiger partial charge in [0, 0.05) is 0 Å². The second-order valence-corrected chi connectivity index (χ2v) is 8.21. The molecule has 1 saturated carbocycles. The number of benzene rings is 1. The maximum absolute atomic E-state index is 6.01. The fraction of sp³-hybridized carbons (Fsp3) is 0.667. The molecule has 0 radical (unpaired) electrons. The van der Waals surface area contributed by atoms with Gasteiger partial charge in [0.15, 0.2) is 0 Å². The third kappa shape index (κ3) is 5.45. The van der Waals surface area contributed by atoms with Crippen molar-refractivity contribution in [3.63, 3.8) is 0 Å². The lowest BCUT2D eigenvalue weighted by molar-refractivity contribution is 0.00968.